The van der Waals surface area contributed by atoms with Gasteiger partial charge in [0.05, 0.1) is 34.2 Å². The first kappa shape index (κ1) is 25.2. The van der Waals surface area contributed by atoms with Crippen LogP contribution in [0.15, 0.2) is 59.8 Å². The van der Waals surface area contributed by atoms with E-state index in [2.05, 4.69) is 35.8 Å². The zero-order chi connectivity index (χ0) is 25.9. The number of nitrogens with one attached hydrogen (secondary N) is 2. The zero-order valence-electron chi connectivity index (χ0n) is 17.7. The Morgan fingerprint density at radius 1 is 0.889 bits per heavy atom. The lowest BCUT2D eigenvalue weighted by Gasteiger charge is -2.10. The minimum Gasteiger partial charge on any atom is -0.323 e. The Kier molecular flexibility index (Phi) is 7.27. The number of aromatic nitrogens is 4. The van der Waals surface area contributed by atoms with Gasteiger partial charge in [-0.25, -0.2) is 19.2 Å². The van der Waals surface area contributed by atoms with Crippen LogP contribution in [0.25, 0.3) is 11.4 Å². The highest BCUT2D eigenvalue weighted by Gasteiger charge is 2.33. The molecular formula is C22H12Cl2F5N7. The van der Waals surface area contributed by atoms with Gasteiger partial charge in [0.15, 0.2) is 5.82 Å². The number of pyridine rings is 1. The van der Waals surface area contributed by atoms with Gasteiger partial charge in [-0.05, 0) is 42.0 Å². The smallest absolute Gasteiger partial charge is 0.323 e. The van der Waals surface area contributed by atoms with Crippen molar-refractivity contribution in [1.29, 1.82) is 0 Å². The van der Waals surface area contributed by atoms with E-state index in [-0.39, 0.29) is 39.0 Å². The van der Waals surface area contributed by atoms with Gasteiger partial charge in [0.25, 0.3) is 0 Å². The second-order valence-electron chi connectivity index (χ2n) is 7.00. The van der Waals surface area contributed by atoms with E-state index >= 15 is 0 Å². The van der Waals surface area contributed by atoms with Gasteiger partial charge in [0, 0.05) is 0 Å². The van der Waals surface area contributed by atoms with Crippen molar-refractivity contribution in [2.45, 2.75) is 6.18 Å². The summed E-state index contributed by atoms with van der Waals surface area (Å²) in [6.07, 6.45) is -2.36. The zero-order valence-corrected chi connectivity index (χ0v) is 19.2. The van der Waals surface area contributed by atoms with Crippen molar-refractivity contribution >= 4 is 47.0 Å². The first-order valence-electron chi connectivity index (χ1n) is 9.85. The lowest BCUT2D eigenvalue weighted by Crippen LogP contribution is -2.08. The summed E-state index contributed by atoms with van der Waals surface area (Å²) in [6, 6.07) is 9.46. The van der Waals surface area contributed by atoms with Crippen LogP contribution in [0.1, 0.15) is 11.1 Å². The molecule has 0 fully saturated rings. The minimum atomic E-state index is -4.82. The van der Waals surface area contributed by atoms with E-state index in [1.54, 1.807) is 6.07 Å². The number of rotatable bonds is 6. The summed E-state index contributed by atoms with van der Waals surface area (Å²) in [6.45, 7) is 0. The largest absolute Gasteiger partial charge is 0.419 e. The Bertz CT molecular complexity index is 1410. The summed E-state index contributed by atoms with van der Waals surface area (Å²) in [5, 5.41) is 6.98. The molecule has 2 aromatic carbocycles. The Labute approximate surface area is 210 Å². The monoisotopic (exact) mass is 539 g/mol. The molecule has 0 amide bonds. The maximum Gasteiger partial charge on any atom is 0.419 e. The maximum absolute atomic E-state index is 14.5. The van der Waals surface area contributed by atoms with Gasteiger partial charge in [0.2, 0.25) is 11.9 Å². The van der Waals surface area contributed by atoms with E-state index < -0.39 is 23.4 Å². The standard InChI is InChI=1S/C22H12Cl2F5N7/c23-14-2-1-3-15(25)18(14)19-33-20(32-12-5-7-17(24)30-10-12)35-21(34-19)36-31-9-11-4-6-13(16(26)8-11)22(27,28)29/h1-10H,(H2,32,33,34,35,36)/b31-9+. The molecule has 0 bridgehead atoms. The van der Waals surface area contributed by atoms with Gasteiger partial charge in [-0.3, -0.25) is 0 Å². The number of hydrogen-bond acceptors (Lipinski definition) is 7. The van der Waals surface area contributed by atoms with Crippen LogP contribution in [-0.2, 0) is 6.18 Å². The number of benzene rings is 2. The molecule has 0 aliphatic rings. The average Bonchev–Trinajstić information content (AvgIpc) is 2.80. The van der Waals surface area contributed by atoms with Gasteiger partial charge >= 0.3 is 6.18 Å². The molecule has 14 heteroatoms. The van der Waals surface area contributed by atoms with Crippen molar-refractivity contribution < 1.29 is 22.0 Å². The molecule has 4 aromatic rings. The molecule has 36 heavy (non-hydrogen) atoms. The van der Waals surface area contributed by atoms with Gasteiger partial charge in [0.1, 0.15) is 16.8 Å². The predicted molar refractivity (Wildman–Crippen MR) is 125 cm³/mol. The maximum atomic E-state index is 14.5. The number of anilines is 3. The molecule has 0 saturated carbocycles. The van der Waals surface area contributed by atoms with Crippen LogP contribution in [0.3, 0.4) is 0 Å². The van der Waals surface area contributed by atoms with E-state index in [0.717, 1.165) is 12.3 Å². The van der Waals surface area contributed by atoms with E-state index in [0.29, 0.717) is 17.8 Å². The van der Waals surface area contributed by atoms with Crippen LogP contribution >= 0.6 is 23.2 Å². The molecule has 0 aliphatic carbocycles. The third-order valence-electron chi connectivity index (χ3n) is 4.48. The molecule has 0 unspecified atom stereocenters. The number of halogens is 7. The molecule has 0 aliphatic heterocycles. The molecule has 0 radical (unpaired) electrons. The lowest BCUT2D eigenvalue weighted by atomic mass is 10.1. The van der Waals surface area contributed by atoms with Crippen LogP contribution < -0.4 is 10.7 Å². The van der Waals surface area contributed by atoms with Crippen LogP contribution in [0.5, 0.6) is 0 Å². The minimum absolute atomic E-state index is 0.0324. The fraction of sp³-hybridized carbons (Fsp3) is 0.0455. The van der Waals surface area contributed by atoms with Crippen molar-refractivity contribution in [3.05, 3.63) is 87.7 Å². The topological polar surface area (TPSA) is 88.0 Å². The molecule has 0 saturated heterocycles. The van der Waals surface area contributed by atoms with E-state index in [4.69, 9.17) is 23.2 Å². The van der Waals surface area contributed by atoms with Crippen LogP contribution in [-0.4, -0.2) is 26.2 Å². The molecule has 7 nitrogen and oxygen atoms in total. The molecule has 0 atom stereocenters. The first-order chi connectivity index (χ1) is 17.1. The summed E-state index contributed by atoms with van der Waals surface area (Å²) in [5.41, 5.74) is 1.44. The number of alkyl halides is 3. The van der Waals surface area contributed by atoms with Crippen molar-refractivity contribution in [3.8, 4) is 11.4 Å². The van der Waals surface area contributed by atoms with Gasteiger partial charge in [-0.2, -0.15) is 33.2 Å². The Balaban J connectivity index is 1.65. The van der Waals surface area contributed by atoms with Crippen LogP contribution in [0.4, 0.5) is 39.5 Å². The van der Waals surface area contributed by atoms with Crippen molar-refractivity contribution in [2.75, 3.05) is 10.7 Å². The van der Waals surface area contributed by atoms with Crippen LogP contribution in [0.2, 0.25) is 10.2 Å². The quantitative estimate of drug-likeness (QED) is 0.122. The number of nitrogens with zero attached hydrogens (tertiary/aromatic N) is 5. The Morgan fingerprint density at radius 2 is 1.67 bits per heavy atom. The Hall–Kier alpha value is -3.90. The normalized spacial score (nSPS) is 11.6. The van der Waals surface area contributed by atoms with Crippen molar-refractivity contribution in [2.24, 2.45) is 5.10 Å². The fourth-order valence-corrected chi connectivity index (χ4v) is 3.25. The summed E-state index contributed by atoms with van der Waals surface area (Å²) >= 11 is 11.9. The number of hydrogen-bond donors (Lipinski definition) is 2. The summed E-state index contributed by atoms with van der Waals surface area (Å²) in [5.74, 6) is -2.50. The molecule has 4 rings (SSSR count). The van der Waals surface area contributed by atoms with E-state index in [9.17, 15) is 22.0 Å². The molecule has 0 spiro atoms. The van der Waals surface area contributed by atoms with Gasteiger partial charge in [-0.15, -0.1) is 0 Å². The molecule has 184 valence electrons. The highest BCUT2D eigenvalue weighted by Crippen LogP contribution is 2.32. The summed E-state index contributed by atoms with van der Waals surface area (Å²) in [7, 11) is 0. The highest BCUT2D eigenvalue weighted by atomic mass is 35.5. The Morgan fingerprint density at radius 3 is 2.33 bits per heavy atom. The number of hydrazone groups is 1. The van der Waals surface area contributed by atoms with Crippen molar-refractivity contribution in [3.63, 3.8) is 0 Å². The van der Waals surface area contributed by atoms with Crippen molar-refractivity contribution in [1.82, 2.24) is 19.9 Å². The summed E-state index contributed by atoms with van der Waals surface area (Å²) < 4.78 is 66.5. The molecule has 2 heterocycles. The third kappa shape index (κ3) is 6.01. The fourth-order valence-electron chi connectivity index (χ4n) is 2.89. The second-order valence-corrected chi connectivity index (χ2v) is 7.80. The molecule has 2 N–H and O–H groups in total. The summed E-state index contributed by atoms with van der Waals surface area (Å²) in [4.78, 5) is 16.3. The highest BCUT2D eigenvalue weighted by molar-refractivity contribution is 6.33. The average molecular weight is 540 g/mol. The predicted octanol–water partition coefficient (Wildman–Crippen LogP) is 6.73. The van der Waals surface area contributed by atoms with Gasteiger partial charge in [-0.1, -0.05) is 35.3 Å². The van der Waals surface area contributed by atoms with Crippen LogP contribution in [0, 0.1) is 11.6 Å². The lowest BCUT2D eigenvalue weighted by molar-refractivity contribution is -0.140. The molecule has 2 aromatic heterocycles. The third-order valence-corrected chi connectivity index (χ3v) is 5.02. The molecular weight excluding hydrogens is 528 g/mol. The first-order valence-corrected chi connectivity index (χ1v) is 10.6. The SMILES string of the molecule is Fc1cc(/C=N/Nc2nc(Nc3ccc(Cl)nc3)nc(-c3c(F)cccc3Cl)n2)ccc1C(F)(F)F. The van der Waals surface area contributed by atoms with E-state index in [1.165, 1.54) is 30.5 Å². The van der Waals surface area contributed by atoms with Gasteiger partial charge < -0.3 is 5.32 Å². The second kappa shape index (κ2) is 10.4. The van der Waals surface area contributed by atoms with E-state index in [1.807, 2.05) is 0 Å².